The Hall–Kier alpha value is -0.960. The van der Waals surface area contributed by atoms with Gasteiger partial charge in [0.2, 0.25) is 0 Å². The number of methoxy groups -OCH3 is 1. The van der Waals surface area contributed by atoms with Gasteiger partial charge in [-0.2, -0.15) is 0 Å². The number of halogens is 2. The van der Waals surface area contributed by atoms with Crippen LogP contribution < -0.4 is 9.47 Å². The third kappa shape index (κ3) is 3.59. The summed E-state index contributed by atoms with van der Waals surface area (Å²) in [5, 5.41) is 0. The van der Waals surface area contributed by atoms with Gasteiger partial charge in [0.1, 0.15) is 0 Å². The van der Waals surface area contributed by atoms with Gasteiger partial charge in [-0.3, -0.25) is 4.39 Å². The van der Waals surface area contributed by atoms with E-state index in [1.165, 1.54) is 0 Å². The molecule has 0 fully saturated rings. The zero-order chi connectivity index (χ0) is 11.1. The summed E-state index contributed by atoms with van der Waals surface area (Å²) in [5.74, 6) is 1.69. The second kappa shape index (κ2) is 6.51. The number of hydrogen-bond donors (Lipinski definition) is 0. The predicted octanol–water partition coefficient (Wildman–Crippen LogP) is 3.17. The summed E-state index contributed by atoms with van der Waals surface area (Å²) in [6.07, 6.45) is 0.389. The molecule has 0 radical (unpaired) electrons. The largest absolute Gasteiger partial charge is 0.493 e. The van der Waals surface area contributed by atoms with E-state index < -0.39 is 0 Å². The highest BCUT2D eigenvalue weighted by atomic mass is 35.5. The summed E-state index contributed by atoms with van der Waals surface area (Å²) in [7, 11) is 1.56. The molecule has 84 valence electrons. The van der Waals surface area contributed by atoms with Gasteiger partial charge in [0.25, 0.3) is 0 Å². The van der Waals surface area contributed by atoms with Gasteiger partial charge in [-0.05, 0) is 17.7 Å². The third-order valence-electron chi connectivity index (χ3n) is 1.92. The van der Waals surface area contributed by atoms with E-state index in [2.05, 4.69) is 0 Å². The molecular weight excluding hydrogens is 219 g/mol. The first-order valence-electron chi connectivity index (χ1n) is 4.73. The molecule has 0 saturated heterocycles. The minimum Gasteiger partial charge on any atom is -0.493 e. The lowest BCUT2D eigenvalue weighted by molar-refractivity contribution is 0.274. The predicted molar refractivity (Wildman–Crippen MR) is 58.6 cm³/mol. The number of benzene rings is 1. The van der Waals surface area contributed by atoms with E-state index in [1.54, 1.807) is 13.2 Å². The molecule has 0 aliphatic carbocycles. The van der Waals surface area contributed by atoms with Gasteiger partial charge in [0.15, 0.2) is 11.5 Å². The number of alkyl halides is 2. The summed E-state index contributed by atoms with van der Waals surface area (Å²) in [6, 6.07) is 5.47. The Bertz CT molecular complexity index is 305. The summed E-state index contributed by atoms with van der Waals surface area (Å²) in [6.45, 7) is -0.0187. The second-order valence-corrected chi connectivity index (χ2v) is 3.28. The Morgan fingerprint density at radius 2 is 2.13 bits per heavy atom. The van der Waals surface area contributed by atoms with Crippen molar-refractivity contribution in [2.45, 2.75) is 12.3 Å². The van der Waals surface area contributed by atoms with E-state index in [4.69, 9.17) is 21.1 Å². The maximum Gasteiger partial charge on any atom is 0.161 e. The Kier molecular flexibility index (Phi) is 5.26. The Labute approximate surface area is 94.0 Å². The average molecular weight is 233 g/mol. The van der Waals surface area contributed by atoms with Crippen LogP contribution in [0.25, 0.3) is 0 Å². The molecule has 0 N–H and O–H groups in total. The normalized spacial score (nSPS) is 10.1. The smallest absolute Gasteiger partial charge is 0.161 e. The van der Waals surface area contributed by atoms with Crippen LogP contribution in [0.1, 0.15) is 12.0 Å². The first-order chi connectivity index (χ1) is 7.31. The summed E-state index contributed by atoms with van der Waals surface area (Å²) >= 11 is 5.69. The molecular formula is C11H14ClFO2. The van der Waals surface area contributed by atoms with Crippen LogP contribution >= 0.6 is 11.6 Å². The molecule has 1 aromatic carbocycles. The van der Waals surface area contributed by atoms with Crippen molar-refractivity contribution in [2.75, 3.05) is 20.4 Å². The maximum atomic E-state index is 11.9. The van der Waals surface area contributed by atoms with Crippen LogP contribution in [-0.2, 0) is 5.88 Å². The number of rotatable bonds is 6. The lowest BCUT2D eigenvalue weighted by Crippen LogP contribution is -2.00. The van der Waals surface area contributed by atoms with Gasteiger partial charge in [0, 0.05) is 12.3 Å². The van der Waals surface area contributed by atoms with Crippen molar-refractivity contribution < 1.29 is 13.9 Å². The van der Waals surface area contributed by atoms with Crippen LogP contribution in [0.3, 0.4) is 0 Å². The van der Waals surface area contributed by atoms with E-state index in [-0.39, 0.29) is 6.67 Å². The zero-order valence-electron chi connectivity index (χ0n) is 8.63. The molecule has 15 heavy (non-hydrogen) atoms. The Morgan fingerprint density at radius 1 is 1.33 bits per heavy atom. The van der Waals surface area contributed by atoms with Crippen molar-refractivity contribution in [3.63, 3.8) is 0 Å². The minimum absolute atomic E-state index is 0.354. The van der Waals surface area contributed by atoms with Crippen LogP contribution in [0.5, 0.6) is 11.5 Å². The lowest BCUT2D eigenvalue weighted by Gasteiger charge is -2.10. The Morgan fingerprint density at radius 3 is 2.73 bits per heavy atom. The quantitative estimate of drug-likeness (QED) is 0.554. The van der Waals surface area contributed by atoms with E-state index in [0.717, 1.165) is 5.56 Å². The summed E-state index contributed by atoms with van der Waals surface area (Å²) < 4.78 is 22.4. The van der Waals surface area contributed by atoms with Crippen molar-refractivity contribution >= 4 is 11.6 Å². The first-order valence-corrected chi connectivity index (χ1v) is 5.27. The molecule has 0 bridgehead atoms. The van der Waals surface area contributed by atoms with E-state index in [9.17, 15) is 4.39 Å². The minimum atomic E-state index is -0.373. The maximum absolute atomic E-state index is 11.9. The van der Waals surface area contributed by atoms with Gasteiger partial charge in [-0.15, -0.1) is 11.6 Å². The van der Waals surface area contributed by atoms with Gasteiger partial charge in [0.05, 0.1) is 20.4 Å². The van der Waals surface area contributed by atoms with Crippen LogP contribution in [0.4, 0.5) is 4.39 Å². The van der Waals surface area contributed by atoms with Gasteiger partial charge in [-0.1, -0.05) is 6.07 Å². The molecule has 1 rings (SSSR count). The molecule has 1 aromatic rings. The van der Waals surface area contributed by atoms with Crippen molar-refractivity contribution in [3.8, 4) is 11.5 Å². The van der Waals surface area contributed by atoms with Crippen molar-refractivity contribution in [2.24, 2.45) is 0 Å². The van der Waals surface area contributed by atoms with E-state index in [1.807, 2.05) is 12.1 Å². The molecule has 0 atom stereocenters. The molecule has 0 unspecified atom stereocenters. The van der Waals surface area contributed by atoms with Gasteiger partial charge >= 0.3 is 0 Å². The first kappa shape index (κ1) is 12.1. The monoisotopic (exact) mass is 232 g/mol. The highest BCUT2D eigenvalue weighted by molar-refractivity contribution is 6.17. The zero-order valence-corrected chi connectivity index (χ0v) is 9.39. The van der Waals surface area contributed by atoms with Crippen LogP contribution in [0, 0.1) is 0 Å². The van der Waals surface area contributed by atoms with Gasteiger partial charge < -0.3 is 9.47 Å². The molecule has 0 spiro atoms. The summed E-state index contributed by atoms with van der Waals surface area (Å²) in [5.41, 5.74) is 0.964. The molecule has 0 aliphatic heterocycles. The molecule has 0 heterocycles. The molecule has 0 saturated carbocycles. The Balaban J connectivity index is 2.69. The van der Waals surface area contributed by atoms with Crippen LogP contribution in [0.2, 0.25) is 0 Å². The highest BCUT2D eigenvalue weighted by Gasteiger charge is 2.04. The van der Waals surface area contributed by atoms with E-state index in [0.29, 0.717) is 30.4 Å². The topological polar surface area (TPSA) is 18.5 Å². The third-order valence-corrected chi connectivity index (χ3v) is 2.23. The number of hydrogen-bond acceptors (Lipinski definition) is 2. The second-order valence-electron chi connectivity index (χ2n) is 3.01. The summed E-state index contributed by atoms with van der Waals surface area (Å²) in [4.78, 5) is 0. The molecule has 2 nitrogen and oxygen atoms in total. The molecule has 0 aromatic heterocycles. The highest BCUT2D eigenvalue weighted by Crippen LogP contribution is 2.28. The number of ether oxygens (including phenoxy) is 2. The van der Waals surface area contributed by atoms with E-state index >= 15 is 0 Å². The molecule has 0 amide bonds. The van der Waals surface area contributed by atoms with Crippen molar-refractivity contribution in [3.05, 3.63) is 23.8 Å². The van der Waals surface area contributed by atoms with Gasteiger partial charge in [-0.25, -0.2) is 0 Å². The van der Waals surface area contributed by atoms with Crippen molar-refractivity contribution in [1.82, 2.24) is 0 Å². The molecule has 4 heteroatoms. The van der Waals surface area contributed by atoms with Crippen LogP contribution in [-0.4, -0.2) is 20.4 Å². The SMILES string of the molecule is COc1cc(CCl)ccc1OCCCF. The average Bonchev–Trinajstić information content (AvgIpc) is 2.29. The van der Waals surface area contributed by atoms with Crippen LogP contribution in [0.15, 0.2) is 18.2 Å². The lowest BCUT2D eigenvalue weighted by atomic mass is 10.2. The molecule has 0 aliphatic rings. The fraction of sp³-hybridized carbons (Fsp3) is 0.455. The standard InChI is InChI=1S/C11H14ClFO2/c1-14-11-7-9(8-12)3-4-10(11)15-6-2-5-13/h3-4,7H,2,5-6,8H2,1H3. The fourth-order valence-corrected chi connectivity index (χ4v) is 1.32. The van der Waals surface area contributed by atoms with Crippen molar-refractivity contribution in [1.29, 1.82) is 0 Å². The fourth-order valence-electron chi connectivity index (χ4n) is 1.15.